The van der Waals surface area contributed by atoms with Crippen LogP contribution in [0.15, 0.2) is 18.2 Å². The fraction of sp³-hybridized carbons (Fsp3) is 0.611. The van der Waals surface area contributed by atoms with Gasteiger partial charge in [0.2, 0.25) is 5.91 Å². The number of hydrogen-bond donors (Lipinski definition) is 2. The number of carbonyl (C=O) groups is 1. The molecule has 24 heavy (non-hydrogen) atoms. The third-order valence-corrected chi connectivity index (χ3v) is 6.35. The first-order chi connectivity index (χ1) is 11.5. The first-order valence-corrected chi connectivity index (χ1v) is 9.60. The lowest BCUT2D eigenvalue weighted by Crippen LogP contribution is -2.48. The smallest absolute Gasteiger partial charge is 0.230 e. The topological polar surface area (TPSA) is 44.4 Å². The molecule has 0 aliphatic carbocycles. The maximum Gasteiger partial charge on any atom is 0.230 e. The Morgan fingerprint density at radius 2 is 2.21 bits per heavy atom. The van der Waals surface area contributed by atoms with E-state index in [1.165, 1.54) is 25.3 Å². The number of rotatable bonds is 5. The van der Waals surface area contributed by atoms with Gasteiger partial charge in [0.15, 0.2) is 0 Å². The zero-order valence-corrected chi connectivity index (χ0v) is 15.2. The number of hydrogen-bond acceptors (Lipinski definition) is 4. The van der Waals surface area contributed by atoms with Crippen LogP contribution in [0, 0.1) is 11.7 Å². The molecule has 4 nitrogen and oxygen atoms in total. The van der Waals surface area contributed by atoms with Gasteiger partial charge in [-0.2, -0.15) is 0 Å². The van der Waals surface area contributed by atoms with Crippen LogP contribution in [0.1, 0.15) is 38.7 Å². The lowest BCUT2D eigenvalue weighted by atomic mass is 9.93. The average molecular weight is 351 g/mol. The molecule has 2 fully saturated rings. The van der Waals surface area contributed by atoms with Gasteiger partial charge in [-0.25, -0.2) is 8.70 Å². The van der Waals surface area contributed by atoms with Crippen molar-refractivity contribution >= 4 is 23.5 Å². The van der Waals surface area contributed by atoms with Crippen molar-refractivity contribution in [3.05, 3.63) is 29.6 Å². The molecule has 3 rings (SSSR count). The zero-order chi connectivity index (χ0) is 17.2. The number of nitrogens with one attached hydrogen (secondary N) is 2. The molecule has 132 valence electrons. The minimum Gasteiger partial charge on any atom is -0.323 e. The second-order valence-electron chi connectivity index (χ2n) is 7.30. The average Bonchev–Trinajstić information content (AvgIpc) is 2.47. The highest BCUT2D eigenvalue weighted by molar-refractivity contribution is 7.96. The summed E-state index contributed by atoms with van der Waals surface area (Å²) < 4.78 is 16.4. The van der Waals surface area contributed by atoms with Crippen LogP contribution < -0.4 is 10.6 Å². The van der Waals surface area contributed by atoms with Crippen molar-refractivity contribution in [1.29, 1.82) is 0 Å². The van der Waals surface area contributed by atoms with Gasteiger partial charge in [0.1, 0.15) is 5.82 Å². The zero-order valence-electron chi connectivity index (χ0n) is 14.4. The predicted octanol–water partition coefficient (Wildman–Crippen LogP) is 3.40. The summed E-state index contributed by atoms with van der Waals surface area (Å²) in [5.41, 5.74) is 1.53. The van der Waals surface area contributed by atoms with Gasteiger partial charge < -0.3 is 10.6 Å². The maximum atomic E-state index is 14.0. The molecule has 2 aliphatic heterocycles. The molecule has 1 aromatic carbocycles. The maximum absolute atomic E-state index is 14.0. The summed E-state index contributed by atoms with van der Waals surface area (Å²) in [6.45, 7) is 7.00. The molecule has 2 heterocycles. The summed E-state index contributed by atoms with van der Waals surface area (Å²) in [5, 5.41) is 5.78. The SMILES string of the molecule is CC1(C)CCCCN1SCc1ccc(F)c(NC(=O)C2CNC2)c1. The van der Waals surface area contributed by atoms with E-state index in [0.29, 0.717) is 18.8 Å². The molecule has 1 amide bonds. The van der Waals surface area contributed by atoms with Gasteiger partial charge in [-0.3, -0.25) is 4.79 Å². The second kappa shape index (κ2) is 7.42. The molecule has 2 N–H and O–H groups in total. The van der Waals surface area contributed by atoms with Crippen LogP contribution in [-0.4, -0.2) is 35.4 Å². The van der Waals surface area contributed by atoms with Crippen molar-refractivity contribution in [3.63, 3.8) is 0 Å². The number of piperidine rings is 1. The molecule has 2 aliphatic rings. The van der Waals surface area contributed by atoms with Gasteiger partial charge >= 0.3 is 0 Å². The molecule has 0 bridgehead atoms. The van der Waals surface area contributed by atoms with Crippen molar-refractivity contribution in [2.45, 2.75) is 44.4 Å². The Morgan fingerprint density at radius 1 is 1.42 bits per heavy atom. The van der Waals surface area contributed by atoms with Crippen molar-refractivity contribution in [2.24, 2.45) is 5.92 Å². The summed E-state index contributed by atoms with van der Waals surface area (Å²) in [4.78, 5) is 12.0. The van der Waals surface area contributed by atoms with Crippen molar-refractivity contribution < 1.29 is 9.18 Å². The van der Waals surface area contributed by atoms with Crippen LogP contribution in [0.3, 0.4) is 0 Å². The van der Waals surface area contributed by atoms with Crippen LogP contribution in [-0.2, 0) is 10.5 Å². The first kappa shape index (κ1) is 17.7. The van der Waals surface area contributed by atoms with Crippen LogP contribution in [0.4, 0.5) is 10.1 Å². The van der Waals surface area contributed by atoms with E-state index < -0.39 is 0 Å². The molecule has 6 heteroatoms. The molecule has 2 saturated heterocycles. The third kappa shape index (κ3) is 4.10. The molecular formula is C18H26FN3OS. The summed E-state index contributed by atoms with van der Waals surface area (Å²) in [5.74, 6) is 0.270. The number of halogens is 1. The Labute approximate surface area is 147 Å². The highest BCUT2D eigenvalue weighted by Gasteiger charge is 2.30. The molecule has 0 radical (unpaired) electrons. The number of carbonyl (C=O) groups excluding carboxylic acids is 1. The fourth-order valence-electron chi connectivity index (χ4n) is 3.10. The number of anilines is 1. The van der Waals surface area contributed by atoms with Gasteiger partial charge in [-0.05, 0) is 44.4 Å². The molecule has 0 atom stereocenters. The largest absolute Gasteiger partial charge is 0.323 e. The minimum absolute atomic E-state index is 0.0448. The van der Waals surface area contributed by atoms with Gasteiger partial charge in [0.05, 0.1) is 11.6 Å². The van der Waals surface area contributed by atoms with Crippen molar-refractivity contribution in [3.8, 4) is 0 Å². The van der Waals surface area contributed by atoms with Gasteiger partial charge in [-0.15, -0.1) is 0 Å². The molecule has 0 spiro atoms. The molecule has 1 aromatic rings. The Balaban J connectivity index is 1.61. The standard InChI is InChI=1S/C18H26FN3OS/c1-18(2)7-3-4-8-22(18)24-12-13-5-6-15(19)16(9-13)21-17(23)14-10-20-11-14/h5-6,9,14,20H,3-4,7-8,10-12H2,1-2H3,(H,21,23). The van der Waals surface area contributed by atoms with Gasteiger partial charge in [-0.1, -0.05) is 24.4 Å². The van der Waals surface area contributed by atoms with E-state index in [0.717, 1.165) is 17.9 Å². The molecular weight excluding hydrogens is 325 g/mol. The van der Waals surface area contributed by atoms with E-state index in [-0.39, 0.29) is 23.2 Å². The number of amides is 1. The molecule has 0 unspecified atom stereocenters. The molecule has 0 saturated carbocycles. The highest BCUT2D eigenvalue weighted by Crippen LogP contribution is 2.34. The molecule has 0 aromatic heterocycles. The van der Waals surface area contributed by atoms with Crippen LogP contribution >= 0.6 is 11.9 Å². The third-order valence-electron chi connectivity index (χ3n) is 4.90. The second-order valence-corrected chi connectivity index (χ2v) is 8.29. The van der Waals surface area contributed by atoms with E-state index >= 15 is 0 Å². The van der Waals surface area contributed by atoms with Crippen LogP contribution in [0.5, 0.6) is 0 Å². The lowest BCUT2D eigenvalue weighted by molar-refractivity contribution is -0.121. The monoisotopic (exact) mass is 351 g/mol. The van der Waals surface area contributed by atoms with E-state index in [2.05, 4.69) is 28.8 Å². The van der Waals surface area contributed by atoms with E-state index in [9.17, 15) is 9.18 Å². The van der Waals surface area contributed by atoms with E-state index in [1.807, 2.05) is 0 Å². The van der Waals surface area contributed by atoms with E-state index in [1.54, 1.807) is 24.1 Å². The number of nitrogens with zero attached hydrogens (tertiary/aromatic N) is 1. The Hall–Kier alpha value is -1.11. The van der Waals surface area contributed by atoms with Crippen molar-refractivity contribution in [1.82, 2.24) is 9.62 Å². The predicted molar refractivity (Wildman–Crippen MR) is 97.3 cm³/mol. The number of benzene rings is 1. The Kier molecular flexibility index (Phi) is 5.47. The summed E-state index contributed by atoms with van der Waals surface area (Å²) >= 11 is 1.80. The van der Waals surface area contributed by atoms with Crippen LogP contribution in [0.2, 0.25) is 0 Å². The van der Waals surface area contributed by atoms with Gasteiger partial charge in [0, 0.05) is 30.9 Å². The Bertz CT molecular complexity index is 604. The highest BCUT2D eigenvalue weighted by atomic mass is 32.2. The minimum atomic E-state index is -0.373. The Morgan fingerprint density at radius 3 is 2.88 bits per heavy atom. The van der Waals surface area contributed by atoms with Crippen LogP contribution in [0.25, 0.3) is 0 Å². The lowest BCUT2D eigenvalue weighted by Gasteiger charge is -2.41. The quantitative estimate of drug-likeness (QED) is 0.798. The summed E-state index contributed by atoms with van der Waals surface area (Å²) in [6.07, 6.45) is 3.73. The summed E-state index contributed by atoms with van der Waals surface area (Å²) in [7, 11) is 0. The fourth-order valence-corrected chi connectivity index (χ4v) is 4.28. The van der Waals surface area contributed by atoms with Crippen molar-refractivity contribution in [2.75, 3.05) is 25.0 Å². The summed E-state index contributed by atoms with van der Waals surface area (Å²) in [6, 6.07) is 5.02. The van der Waals surface area contributed by atoms with E-state index in [4.69, 9.17) is 0 Å². The first-order valence-electron chi connectivity index (χ1n) is 8.66. The normalized spacial score (nSPS) is 21.3. The van der Waals surface area contributed by atoms with Gasteiger partial charge in [0.25, 0.3) is 0 Å².